The van der Waals surface area contributed by atoms with Gasteiger partial charge in [-0.05, 0) is 48.5 Å². The van der Waals surface area contributed by atoms with Crippen molar-refractivity contribution in [3.8, 4) is 5.75 Å². The van der Waals surface area contributed by atoms with Gasteiger partial charge in [-0.2, -0.15) is 0 Å². The summed E-state index contributed by atoms with van der Waals surface area (Å²) in [6, 6.07) is 37.7. The van der Waals surface area contributed by atoms with Crippen LogP contribution in [0.5, 0.6) is 5.75 Å². The maximum absolute atomic E-state index is 12.1. The molecule has 0 heterocycles. The lowest BCUT2D eigenvalue weighted by Gasteiger charge is -2.28. The summed E-state index contributed by atoms with van der Waals surface area (Å²) in [6.45, 7) is 0. The van der Waals surface area contributed by atoms with Crippen molar-refractivity contribution in [1.29, 1.82) is 0 Å². The predicted molar refractivity (Wildman–Crippen MR) is 133 cm³/mol. The Morgan fingerprint density at radius 2 is 1.16 bits per heavy atom. The van der Waals surface area contributed by atoms with Crippen molar-refractivity contribution in [2.24, 2.45) is 0 Å². The Bertz CT molecular complexity index is 1080. The molecular weight excluding hydrogens is 415 g/mol. The van der Waals surface area contributed by atoms with E-state index in [-0.39, 0.29) is 5.97 Å². The second-order valence-corrected chi connectivity index (χ2v) is 11.0. The number of rotatable bonds is 7. The van der Waals surface area contributed by atoms with Gasteiger partial charge >= 0.3 is 5.97 Å². The van der Waals surface area contributed by atoms with Gasteiger partial charge in [0.1, 0.15) is 35.1 Å². The van der Waals surface area contributed by atoms with Crippen molar-refractivity contribution in [1.82, 2.24) is 0 Å². The summed E-state index contributed by atoms with van der Waals surface area (Å²) in [5.74, 6) is 0.324. The van der Waals surface area contributed by atoms with E-state index in [4.69, 9.17) is 9.47 Å². The van der Waals surface area contributed by atoms with Crippen LogP contribution in [0.3, 0.4) is 0 Å². The predicted octanol–water partition coefficient (Wildman–Crippen LogP) is 4.98. The molecule has 0 aliphatic rings. The fraction of sp³-hybridized carbons (Fsp3) is 0.107. The van der Waals surface area contributed by atoms with Crippen LogP contribution < -0.4 is 20.7 Å². The Labute approximate surface area is 190 Å². The highest BCUT2D eigenvalue weighted by Gasteiger charge is 2.46. The molecule has 3 nitrogen and oxygen atoms in total. The van der Waals surface area contributed by atoms with Gasteiger partial charge in [0.2, 0.25) is 0 Å². The minimum absolute atomic E-state index is 0.370. The van der Waals surface area contributed by atoms with Gasteiger partial charge < -0.3 is 9.47 Å². The summed E-state index contributed by atoms with van der Waals surface area (Å²) in [7, 11) is 0.978. The monoisotopic (exact) mass is 441 g/mol. The molecular formula is C28H26O3P+. The molecule has 0 unspecified atom stereocenters. The van der Waals surface area contributed by atoms with Crippen LogP contribution in [0, 0.1) is 0 Å². The second-order valence-electron chi connectivity index (χ2n) is 7.49. The van der Waals surface area contributed by atoms with E-state index in [0.717, 1.165) is 11.7 Å². The number of carbonyl (C=O) groups excluding carboxylic acids is 1. The first-order valence-corrected chi connectivity index (χ1v) is 12.5. The van der Waals surface area contributed by atoms with E-state index in [9.17, 15) is 4.79 Å². The van der Waals surface area contributed by atoms with Crippen LogP contribution in [-0.2, 0) is 10.9 Å². The van der Waals surface area contributed by atoms with Gasteiger partial charge in [0.05, 0.1) is 19.8 Å². The summed E-state index contributed by atoms with van der Waals surface area (Å²) >= 11 is 0. The molecule has 4 aromatic carbocycles. The molecule has 4 aromatic rings. The molecule has 32 heavy (non-hydrogen) atoms. The van der Waals surface area contributed by atoms with E-state index >= 15 is 0 Å². The number of hydrogen-bond donors (Lipinski definition) is 0. The molecule has 0 aliphatic carbocycles. The Morgan fingerprint density at radius 1 is 0.688 bits per heavy atom. The molecule has 0 fully saturated rings. The van der Waals surface area contributed by atoms with Crippen LogP contribution >= 0.6 is 7.26 Å². The Balaban J connectivity index is 1.96. The van der Waals surface area contributed by atoms with Gasteiger partial charge in [-0.1, -0.05) is 60.7 Å². The minimum Gasteiger partial charge on any atom is -0.496 e. The highest BCUT2D eigenvalue weighted by molar-refractivity contribution is 7.95. The van der Waals surface area contributed by atoms with Crippen LogP contribution in [0.1, 0.15) is 15.9 Å². The van der Waals surface area contributed by atoms with Gasteiger partial charge in [0, 0.05) is 5.56 Å². The van der Waals surface area contributed by atoms with Crippen LogP contribution in [-0.4, -0.2) is 20.2 Å². The highest BCUT2D eigenvalue weighted by atomic mass is 31.2. The molecule has 0 bridgehead atoms. The Hall–Kier alpha value is -3.42. The van der Waals surface area contributed by atoms with Crippen molar-refractivity contribution in [2.75, 3.05) is 14.2 Å². The first-order chi connectivity index (χ1) is 15.7. The van der Waals surface area contributed by atoms with E-state index < -0.39 is 7.26 Å². The third kappa shape index (κ3) is 4.17. The number of methoxy groups -OCH3 is 2. The molecule has 0 atom stereocenters. The van der Waals surface area contributed by atoms with Crippen LogP contribution in [0.15, 0.2) is 109 Å². The van der Waals surface area contributed by atoms with Crippen LogP contribution in [0.4, 0.5) is 0 Å². The molecule has 0 radical (unpaired) electrons. The first kappa shape index (κ1) is 21.8. The van der Waals surface area contributed by atoms with Gasteiger partial charge in [-0.25, -0.2) is 4.79 Å². The summed E-state index contributed by atoms with van der Waals surface area (Å²) in [4.78, 5) is 12.1. The minimum atomic E-state index is -2.06. The zero-order valence-corrected chi connectivity index (χ0v) is 19.2. The zero-order valence-electron chi connectivity index (χ0n) is 18.3. The summed E-state index contributed by atoms with van der Waals surface area (Å²) < 4.78 is 10.6. The molecule has 0 spiro atoms. The van der Waals surface area contributed by atoms with Gasteiger partial charge in [-0.3, -0.25) is 0 Å². The molecule has 160 valence electrons. The molecule has 0 saturated heterocycles. The topological polar surface area (TPSA) is 35.5 Å². The molecule has 0 aliphatic heterocycles. The standard InChI is InChI=1S/C28H26O3P/c1-30-27-20-22(28(29)31-2)18-19-23(27)21-32(24-12-6-3-7-13-24,25-14-8-4-9-15-25)26-16-10-5-11-17-26/h3-20H,21H2,1-2H3/q+1. The van der Waals surface area contributed by atoms with Gasteiger partial charge in [-0.15, -0.1) is 0 Å². The number of carbonyl (C=O) groups is 1. The largest absolute Gasteiger partial charge is 0.496 e. The normalized spacial score (nSPS) is 11.1. The number of benzene rings is 4. The molecule has 0 aromatic heterocycles. The summed E-state index contributed by atoms with van der Waals surface area (Å²) in [6.07, 6.45) is 0.773. The lowest BCUT2D eigenvalue weighted by molar-refractivity contribution is 0.0600. The third-order valence-electron chi connectivity index (χ3n) is 5.71. The molecule has 0 N–H and O–H groups in total. The second kappa shape index (κ2) is 9.80. The van der Waals surface area contributed by atoms with E-state index in [0.29, 0.717) is 11.3 Å². The molecule has 4 heteroatoms. The van der Waals surface area contributed by atoms with Crippen molar-refractivity contribution in [3.05, 3.63) is 120 Å². The Kier molecular flexibility index (Phi) is 6.68. The first-order valence-electron chi connectivity index (χ1n) is 10.5. The van der Waals surface area contributed by atoms with Crippen molar-refractivity contribution >= 4 is 29.1 Å². The third-order valence-corrected chi connectivity index (χ3v) is 10.1. The fourth-order valence-corrected chi connectivity index (χ4v) is 8.40. The maximum atomic E-state index is 12.1. The Morgan fingerprint density at radius 3 is 1.56 bits per heavy atom. The molecule has 0 saturated carbocycles. The van der Waals surface area contributed by atoms with E-state index in [2.05, 4.69) is 91.0 Å². The number of esters is 1. The van der Waals surface area contributed by atoms with Crippen molar-refractivity contribution in [3.63, 3.8) is 0 Å². The summed E-state index contributed by atoms with van der Waals surface area (Å²) in [5.41, 5.74) is 1.54. The fourth-order valence-electron chi connectivity index (χ4n) is 4.14. The van der Waals surface area contributed by atoms with Crippen LogP contribution in [0.2, 0.25) is 0 Å². The van der Waals surface area contributed by atoms with Gasteiger partial charge in [0.25, 0.3) is 0 Å². The van der Waals surface area contributed by atoms with Crippen molar-refractivity contribution < 1.29 is 14.3 Å². The van der Waals surface area contributed by atoms with Gasteiger partial charge in [0.15, 0.2) is 0 Å². The van der Waals surface area contributed by atoms with Crippen LogP contribution in [0.25, 0.3) is 0 Å². The zero-order chi connectivity index (χ0) is 22.4. The number of ether oxygens (including phenoxy) is 2. The van der Waals surface area contributed by atoms with Crippen molar-refractivity contribution in [2.45, 2.75) is 6.16 Å². The summed E-state index contributed by atoms with van der Waals surface area (Å²) in [5, 5.41) is 3.91. The quantitative estimate of drug-likeness (QED) is 0.300. The van der Waals surface area contributed by atoms with E-state index in [1.165, 1.54) is 23.0 Å². The average molecular weight is 441 g/mol. The molecule has 4 rings (SSSR count). The maximum Gasteiger partial charge on any atom is 0.337 e. The number of hydrogen-bond acceptors (Lipinski definition) is 3. The SMILES string of the molecule is COC(=O)c1ccc(C[P+](c2ccccc2)(c2ccccc2)c2ccccc2)c(OC)c1. The smallest absolute Gasteiger partial charge is 0.337 e. The lowest BCUT2D eigenvalue weighted by Crippen LogP contribution is -2.32. The lowest BCUT2D eigenvalue weighted by atomic mass is 10.1. The molecule has 0 amide bonds. The average Bonchev–Trinajstić information content (AvgIpc) is 2.88. The van der Waals surface area contributed by atoms with E-state index in [1.807, 2.05) is 12.1 Å². The highest BCUT2D eigenvalue weighted by Crippen LogP contribution is 2.59. The van der Waals surface area contributed by atoms with E-state index in [1.54, 1.807) is 13.2 Å².